The van der Waals surface area contributed by atoms with Crippen molar-refractivity contribution >= 4 is 54.4 Å². The van der Waals surface area contributed by atoms with E-state index in [1.54, 1.807) is 12.7 Å². The summed E-state index contributed by atoms with van der Waals surface area (Å²) in [5.41, 5.74) is 5.69. The third kappa shape index (κ3) is 2.46. The molecule has 3 heterocycles. The molecule has 168 valence electrons. The Kier molecular flexibility index (Phi) is 3.88. The SMILES string of the molecule is c1ccc(-n2c3ccccc3c3c4ccccc4c4c(c5ccccc5n4-c4ncncn4)c32)cc1. The Morgan fingerprint density at radius 3 is 1.72 bits per heavy atom. The molecule has 0 saturated carbocycles. The maximum Gasteiger partial charge on any atom is 0.237 e. The molecule has 5 nitrogen and oxygen atoms in total. The molecule has 0 atom stereocenters. The fourth-order valence-electron chi connectivity index (χ4n) is 5.79. The van der Waals surface area contributed by atoms with Crippen molar-refractivity contribution in [2.75, 3.05) is 0 Å². The molecule has 36 heavy (non-hydrogen) atoms. The quantitative estimate of drug-likeness (QED) is 0.273. The number of benzene rings is 5. The Morgan fingerprint density at radius 1 is 0.444 bits per heavy atom. The molecule has 5 aromatic carbocycles. The van der Waals surface area contributed by atoms with Crippen LogP contribution in [-0.2, 0) is 0 Å². The van der Waals surface area contributed by atoms with E-state index in [2.05, 4.69) is 127 Å². The van der Waals surface area contributed by atoms with Crippen LogP contribution in [0, 0.1) is 0 Å². The maximum absolute atomic E-state index is 4.57. The van der Waals surface area contributed by atoms with E-state index in [9.17, 15) is 0 Å². The molecule has 0 fully saturated rings. The smallest absolute Gasteiger partial charge is 0.237 e. The van der Waals surface area contributed by atoms with Gasteiger partial charge in [-0.1, -0.05) is 78.9 Å². The fourth-order valence-corrected chi connectivity index (χ4v) is 5.79. The fraction of sp³-hybridized carbons (Fsp3) is 0. The molecule has 8 aromatic rings. The third-order valence-electron chi connectivity index (χ3n) is 7.13. The second kappa shape index (κ2) is 7.23. The summed E-state index contributed by atoms with van der Waals surface area (Å²) in [4.78, 5) is 13.2. The lowest BCUT2D eigenvalue weighted by molar-refractivity contribution is 0.941. The highest BCUT2D eigenvalue weighted by molar-refractivity contribution is 6.36. The highest BCUT2D eigenvalue weighted by Crippen LogP contribution is 2.46. The van der Waals surface area contributed by atoms with Crippen LogP contribution in [0.1, 0.15) is 0 Å². The van der Waals surface area contributed by atoms with Crippen LogP contribution in [0.2, 0.25) is 0 Å². The van der Waals surface area contributed by atoms with Gasteiger partial charge in [0.2, 0.25) is 5.95 Å². The van der Waals surface area contributed by atoms with Gasteiger partial charge in [-0.3, -0.25) is 4.57 Å². The second-order valence-electron chi connectivity index (χ2n) is 8.97. The van der Waals surface area contributed by atoms with Crippen LogP contribution in [0.4, 0.5) is 0 Å². The van der Waals surface area contributed by atoms with E-state index in [0.717, 1.165) is 16.7 Å². The van der Waals surface area contributed by atoms with E-state index < -0.39 is 0 Å². The van der Waals surface area contributed by atoms with Crippen molar-refractivity contribution in [1.29, 1.82) is 0 Å². The summed E-state index contributed by atoms with van der Waals surface area (Å²) >= 11 is 0. The molecule has 0 bridgehead atoms. The van der Waals surface area contributed by atoms with Gasteiger partial charge in [0, 0.05) is 32.6 Å². The maximum atomic E-state index is 4.57. The van der Waals surface area contributed by atoms with Crippen LogP contribution in [-0.4, -0.2) is 24.1 Å². The van der Waals surface area contributed by atoms with E-state index in [-0.39, 0.29) is 0 Å². The van der Waals surface area contributed by atoms with Crippen LogP contribution in [0.15, 0.2) is 116 Å². The summed E-state index contributed by atoms with van der Waals surface area (Å²) in [5, 5.41) is 7.25. The van der Waals surface area contributed by atoms with E-state index in [1.165, 1.54) is 43.4 Å². The van der Waals surface area contributed by atoms with Crippen molar-refractivity contribution < 1.29 is 0 Å². The molecule has 0 aliphatic carbocycles. The van der Waals surface area contributed by atoms with Gasteiger partial charge in [0.05, 0.1) is 22.1 Å². The molecule has 0 radical (unpaired) electrons. The van der Waals surface area contributed by atoms with Crippen molar-refractivity contribution in [3.8, 4) is 11.6 Å². The average Bonchev–Trinajstić information content (AvgIpc) is 3.48. The number of hydrogen-bond acceptors (Lipinski definition) is 3. The van der Waals surface area contributed by atoms with Crippen molar-refractivity contribution in [3.05, 3.63) is 116 Å². The molecule has 0 aliphatic rings. The summed E-state index contributed by atoms with van der Waals surface area (Å²) < 4.78 is 4.59. The lowest BCUT2D eigenvalue weighted by Crippen LogP contribution is -2.01. The molecular weight excluding hydrogens is 442 g/mol. The predicted octanol–water partition coefficient (Wildman–Crippen LogP) is 7.22. The van der Waals surface area contributed by atoms with Gasteiger partial charge in [-0.25, -0.2) is 15.0 Å². The first-order valence-corrected chi connectivity index (χ1v) is 12.0. The normalized spacial score (nSPS) is 11.9. The lowest BCUT2D eigenvalue weighted by Gasteiger charge is -2.12. The first-order chi connectivity index (χ1) is 17.9. The number of para-hydroxylation sites is 3. The van der Waals surface area contributed by atoms with Crippen LogP contribution in [0.3, 0.4) is 0 Å². The minimum atomic E-state index is 0.614. The van der Waals surface area contributed by atoms with Crippen LogP contribution < -0.4 is 0 Å². The number of rotatable bonds is 2. The first kappa shape index (κ1) is 19.3. The standard InChI is InChI=1S/C31H19N5/c1-2-10-20(11-3-1)35-25-16-8-6-14-23(25)27-21-12-4-5-13-22(21)29-28(30(27)35)24-15-7-9-17-26(24)36(29)31-33-18-32-19-34-31/h1-19H. The number of fused-ring (bicyclic) bond motifs is 10. The molecule has 3 aromatic heterocycles. The number of aromatic nitrogens is 5. The van der Waals surface area contributed by atoms with Gasteiger partial charge in [0.15, 0.2) is 0 Å². The largest absolute Gasteiger partial charge is 0.309 e. The van der Waals surface area contributed by atoms with E-state index >= 15 is 0 Å². The Balaban J connectivity index is 1.77. The van der Waals surface area contributed by atoms with Gasteiger partial charge in [0.1, 0.15) is 12.7 Å². The molecular formula is C31H19N5. The van der Waals surface area contributed by atoms with Crippen LogP contribution in [0.5, 0.6) is 0 Å². The molecule has 0 saturated heterocycles. The summed E-state index contributed by atoms with van der Waals surface area (Å²) in [6, 6.07) is 36.5. The first-order valence-electron chi connectivity index (χ1n) is 12.0. The minimum Gasteiger partial charge on any atom is -0.309 e. The van der Waals surface area contributed by atoms with E-state index in [1.807, 2.05) is 0 Å². The van der Waals surface area contributed by atoms with Gasteiger partial charge >= 0.3 is 0 Å². The zero-order chi connectivity index (χ0) is 23.6. The molecule has 0 aliphatic heterocycles. The topological polar surface area (TPSA) is 48.5 Å². The van der Waals surface area contributed by atoms with Crippen molar-refractivity contribution in [1.82, 2.24) is 24.1 Å². The van der Waals surface area contributed by atoms with Crippen molar-refractivity contribution in [2.24, 2.45) is 0 Å². The second-order valence-corrected chi connectivity index (χ2v) is 8.97. The van der Waals surface area contributed by atoms with Crippen molar-refractivity contribution in [2.45, 2.75) is 0 Å². The molecule has 0 unspecified atom stereocenters. The third-order valence-corrected chi connectivity index (χ3v) is 7.13. The van der Waals surface area contributed by atoms with E-state index in [0.29, 0.717) is 5.95 Å². The van der Waals surface area contributed by atoms with Crippen LogP contribution in [0.25, 0.3) is 66.0 Å². The zero-order valence-corrected chi connectivity index (χ0v) is 19.2. The Hall–Kier alpha value is -5.03. The number of nitrogens with zero attached hydrogens (tertiary/aromatic N) is 5. The monoisotopic (exact) mass is 461 g/mol. The Bertz CT molecular complexity index is 2090. The van der Waals surface area contributed by atoms with E-state index in [4.69, 9.17) is 0 Å². The molecule has 5 heteroatoms. The van der Waals surface area contributed by atoms with Gasteiger partial charge in [-0.2, -0.15) is 0 Å². The van der Waals surface area contributed by atoms with Crippen LogP contribution >= 0.6 is 0 Å². The summed E-state index contributed by atoms with van der Waals surface area (Å²) in [6.07, 6.45) is 3.12. The van der Waals surface area contributed by atoms with Gasteiger partial charge in [-0.05, 0) is 29.7 Å². The predicted molar refractivity (Wildman–Crippen MR) is 146 cm³/mol. The van der Waals surface area contributed by atoms with Gasteiger partial charge < -0.3 is 4.57 Å². The molecule has 0 spiro atoms. The average molecular weight is 462 g/mol. The minimum absolute atomic E-state index is 0.614. The Labute approximate surface area is 205 Å². The highest BCUT2D eigenvalue weighted by Gasteiger charge is 2.24. The van der Waals surface area contributed by atoms with Gasteiger partial charge in [-0.15, -0.1) is 0 Å². The molecule has 0 N–H and O–H groups in total. The van der Waals surface area contributed by atoms with Crippen molar-refractivity contribution in [3.63, 3.8) is 0 Å². The summed E-state index contributed by atoms with van der Waals surface area (Å²) in [6.45, 7) is 0. The highest BCUT2D eigenvalue weighted by atomic mass is 15.2. The zero-order valence-electron chi connectivity index (χ0n) is 19.2. The Morgan fingerprint density at radius 2 is 1.00 bits per heavy atom. The number of hydrogen-bond donors (Lipinski definition) is 0. The van der Waals surface area contributed by atoms with Gasteiger partial charge in [0.25, 0.3) is 0 Å². The summed E-state index contributed by atoms with van der Waals surface area (Å²) in [5.74, 6) is 0.614. The molecule has 8 rings (SSSR count). The molecule has 0 amide bonds. The lowest BCUT2D eigenvalue weighted by atomic mass is 9.99. The summed E-state index contributed by atoms with van der Waals surface area (Å²) in [7, 11) is 0.